The molecule has 32 heavy (non-hydrogen) atoms. The number of halogens is 2. The summed E-state index contributed by atoms with van der Waals surface area (Å²) in [5, 5.41) is 14.5. The van der Waals surface area contributed by atoms with Gasteiger partial charge in [0.15, 0.2) is 11.3 Å². The van der Waals surface area contributed by atoms with Gasteiger partial charge in [0.1, 0.15) is 17.2 Å². The number of hydrogen-bond acceptors (Lipinski definition) is 6. The molecule has 3 aromatic rings. The lowest BCUT2D eigenvalue weighted by atomic mass is 10.0. The van der Waals surface area contributed by atoms with Crippen molar-refractivity contribution in [2.75, 3.05) is 41.8 Å². The third kappa shape index (κ3) is 4.65. The zero-order chi connectivity index (χ0) is 22.8. The lowest BCUT2D eigenvalue weighted by Gasteiger charge is -2.27. The summed E-state index contributed by atoms with van der Waals surface area (Å²) in [6.07, 6.45) is -1.29. The first-order chi connectivity index (χ1) is 15.3. The number of anilines is 3. The first-order valence-corrected chi connectivity index (χ1v) is 9.97. The molecule has 1 saturated heterocycles. The maximum atomic E-state index is 13.6. The van der Waals surface area contributed by atoms with E-state index in [9.17, 15) is 18.4 Å². The smallest absolute Gasteiger partial charge is 0.409 e. The standard InChI is InChI=1S/C22H21F2N3O5/c1-12(25-15-7-13(23)6-14(24)8-15)17-9-16(26-22(29)30)10-18-19(28)11-20(32-21(17)18)27-2-4-31-5-3-27/h6-12,25-26H,2-5H2,1H3,(H,29,30). The predicted molar refractivity (Wildman–Crippen MR) is 116 cm³/mol. The maximum absolute atomic E-state index is 13.6. The van der Waals surface area contributed by atoms with Gasteiger partial charge in [-0.25, -0.2) is 13.6 Å². The molecular weight excluding hydrogens is 424 g/mol. The fourth-order valence-corrected chi connectivity index (χ4v) is 3.69. The Morgan fingerprint density at radius 2 is 1.75 bits per heavy atom. The minimum absolute atomic E-state index is 0.172. The van der Waals surface area contributed by atoms with Crippen LogP contribution in [0.15, 0.2) is 45.6 Å². The van der Waals surface area contributed by atoms with Crippen molar-refractivity contribution in [2.24, 2.45) is 0 Å². The topological polar surface area (TPSA) is 104 Å². The third-order valence-electron chi connectivity index (χ3n) is 5.13. The fourth-order valence-electron chi connectivity index (χ4n) is 3.69. The Labute approximate surface area is 181 Å². The first-order valence-electron chi connectivity index (χ1n) is 9.97. The molecular formula is C22H21F2N3O5. The number of morpholine rings is 1. The molecule has 1 aliphatic rings. The van der Waals surface area contributed by atoms with E-state index < -0.39 is 23.8 Å². The number of benzene rings is 2. The number of nitrogens with zero attached hydrogens (tertiary/aromatic N) is 1. The molecule has 0 spiro atoms. The summed E-state index contributed by atoms with van der Waals surface area (Å²) in [4.78, 5) is 25.9. The van der Waals surface area contributed by atoms with Gasteiger partial charge in [0.2, 0.25) is 0 Å². The number of hydrogen-bond donors (Lipinski definition) is 3. The predicted octanol–water partition coefficient (Wildman–Crippen LogP) is 4.17. The summed E-state index contributed by atoms with van der Waals surface area (Å²) in [6.45, 7) is 3.82. The quantitative estimate of drug-likeness (QED) is 0.542. The SMILES string of the molecule is CC(Nc1cc(F)cc(F)c1)c1cc(NC(=O)O)cc2c(=O)cc(N3CCOCC3)oc12. The minimum Gasteiger partial charge on any atom is -0.465 e. The molecule has 1 amide bonds. The van der Waals surface area contributed by atoms with Gasteiger partial charge in [0.05, 0.1) is 24.6 Å². The summed E-state index contributed by atoms with van der Waals surface area (Å²) in [5.41, 5.74) is 0.721. The van der Waals surface area contributed by atoms with Gasteiger partial charge < -0.3 is 24.5 Å². The van der Waals surface area contributed by atoms with Crippen molar-refractivity contribution < 1.29 is 27.8 Å². The lowest BCUT2D eigenvalue weighted by Crippen LogP contribution is -2.36. The Balaban J connectivity index is 1.81. The fraction of sp³-hybridized carbons (Fsp3) is 0.273. The molecule has 2 heterocycles. The van der Waals surface area contributed by atoms with Gasteiger partial charge in [0.25, 0.3) is 0 Å². The van der Waals surface area contributed by atoms with E-state index in [0.29, 0.717) is 37.8 Å². The second-order valence-electron chi connectivity index (χ2n) is 7.44. The average Bonchev–Trinajstić information content (AvgIpc) is 2.73. The van der Waals surface area contributed by atoms with Crippen molar-refractivity contribution in [3.63, 3.8) is 0 Å². The van der Waals surface area contributed by atoms with Crippen molar-refractivity contribution in [1.29, 1.82) is 0 Å². The van der Waals surface area contributed by atoms with E-state index in [1.54, 1.807) is 6.92 Å². The Kier molecular flexibility index (Phi) is 5.95. The van der Waals surface area contributed by atoms with E-state index in [2.05, 4.69) is 10.6 Å². The molecule has 3 N–H and O–H groups in total. The van der Waals surface area contributed by atoms with Crippen LogP contribution in [0.3, 0.4) is 0 Å². The van der Waals surface area contributed by atoms with Crippen LogP contribution in [0.2, 0.25) is 0 Å². The van der Waals surface area contributed by atoms with Gasteiger partial charge in [-0.15, -0.1) is 0 Å². The zero-order valence-corrected chi connectivity index (χ0v) is 17.2. The second kappa shape index (κ2) is 8.83. The molecule has 1 atom stereocenters. The molecule has 0 saturated carbocycles. The highest BCUT2D eigenvalue weighted by Gasteiger charge is 2.20. The average molecular weight is 445 g/mol. The van der Waals surface area contributed by atoms with E-state index >= 15 is 0 Å². The van der Waals surface area contributed by atoms with Gasteiger partial charge in [-0.05, 0) is 31.2 Å². The molecule has 1 aliphatic heterocycles. The number of fused-ring (bicyclic) bond motifs is 1. The summed E-state index contributed by atoms with van der Waals surface area (Å²) < 4.78 is 38.7. The highest BCUT2D eigenvalue weighted by atomic mass is 19.1. The van der Waals surface area contributed by atoms with Gasteiger partial charge in [-0.2, -0.15) is 0 Å². The van der Waals surface area contributed by atoms with Crippen molar-refractivity contribution in [2.45, 2.75) is 13.0 Å². The third-order valence-corrected chi connectivity index (χ3v) is 5.13. The molecule has 4 rings (SSSR count). The number of carbonyl (C=O) groups is 1. The van der Waals surface area contributed by atoms with Gasteiger partial charge in [0, 0.05) is 42.2 Å². The molecule has 0 radical (unpaired) electrons. The normalized spacial score (nSPS) is 14.9. The molecule has 0 bridgehead atoms. The van der Waals surface area contributed by atoms with Crippen LogP contribution in [0.5, 0.6) is 0 Å². The highest BCUT2D eigenvalue weighted by molar-refractivity contribution is 5.90. The van der Waals surface area contributed by atoms with Crippen LogP contribution in [-0.4, -0.2) is 37.5 Å². The summed E-state index contributed by atoms with van der Waals surface area (Å²) in [5.74, 6) is -1.12. The van der Waals surface area contributed by atoms with Crippen LogP contribution in [0.4, 0.5) is 30.8 Å². The van der Waals surface area contributed by atoms with Crippen LogP contribution in [0.1, 0.15) is 18.5 Å². The van der Waals surface area contributed by atoms with Crippen molar-refractivity contribution in [1.82, 2.24) is 0 Å². The van der Waals surface area contributed by atoms with Crippen molar-refractivity contribution in [3.05, 3.63) is 63.8 Å². The number of ether oxygens (including phenoxy) is 1. The number of rotatable bonds is 5. The molecule has 1 aromatic heterocycles. The maximum Gasteiger partial charge on any atom is 0.409 e. The Hall–Kier alpha value is -3.66. The zero-order valence-electron chi connectivity index (χ0n) is 17.2. The van der Waals surface area contributed by atoms with E-state index in [-0.39, 0.29) is 27.8 Å². The van der Waals surface area contributed by atoms with Crippen LogP contribution >= 0.6 is 0 Å². The van der Waals surface area contributed by atoms with E-state index in [1.807, 2.05) is 4.90 Å². The van der Waals surface area contributed by atoms with E-state index in [1.165, 1.54) is 18.2 Å². The van der Waals surface area contributed by atoms with Gasteiger partial charge in [-0.3, -0.25) is 10.1 Å². The summed E-state index contributed by atoms with van der Waals surface area (Å²) in [7, 11) is 0. The largest absolute Gasteiger partial charge is 0.465 e. The van der Waals surface area contributed by atoms with Crippen LogP contribution < -0.4 is 21.0 Å². The van der Waals surface area contributed by atoms with Crippen LogP contribution in [0.25, 0.3) is 11.0 Å². The molecule has 1 unspecified atom stereocenters. The van der Waals surface area contributed by atoms with Gasteiger partial charge >= 0.3 is 6.09 Å². The second-order valence-corrected chi connectivity index (χ2v) is 7.44. The minimum atomic E-state index is -1.29. The summed E-state index contributed by atoms with van der Waals surface area (Å²) >= 11 is 0. The van der Waals surface area contributed by atoms with Gasteiger partial charge in [-0.1, -0.05) is 0 Å². The Bertz CT molecular complexity index is 1200. The van der Waals surface area contributed by atoms with Crippen LogP contribution in [0, 0.1) is 11.6 Å². The highest BCUT2D eigenvalue weighted by Crippen LogP contribution is 2.32. The molecule has 2 aromatic carbocycles. The number of nitrogens with one attached hydrogen (secondary N) is 2. The van der Waals surface area contributed by atoms with E-state index in [4.69, 9.17) is 14.3 Å². The molecule has 168 valence electrons. The molecule has 1 fully saturated rings. The van der Waals surface area contributed by atoms with E-state index in [0.717, 1.165) is 18.2 Å². The molecule has 0 aliphatic carbocycles. The molecule has 8 nitrogen and oxygen atoms in total. The number of amides is 1. The Morgan fingerprint density at radius 1 is 1.06 bits per heavy atom. The summed E-state index contributed by atoms with van der Waals surface area (Å²) in [6, 6.07) is 6.73. The monoisotopic (exact) mass is 445 g/mol. The number of carboxylic acid groups (broad SMARTS) is 1. The van der Waals surface area contributed by atoms with Crippen molar-refractivity contribution >= 4 is 34.3 Å². The van der Waals surface area contributed by atoms with Crippen LogP contribution in [-0.2, 0) is 4.74 Å². The van der Waals surface area contributed by atoms with Crippen molar-refractivity contribution in [3.8, 4) is 0 Å². The lowest BCUT2D eigenvalue weighted by molar-refractivity contribution is 0.121. The molecule has 10 heteroatoms. The first kappa shape index (κ1) is 21.6. The Morgan fingerprint density at radius 3 is 2.41 bits per heavy atom.